The standard InChI is InChI=1S/C10H6FN3/c11-7-3-1-2-6-9(7)12-4-8-10(6)14-5-13-8/h1-5H,(H,13,14). The van der Waals surface area contributed by atoms with E-state index in [2.05, 4.69) is 15.0 Å². The van der Waals surface area contributed by atoms with Crippen molar-refractivity contribution in [3.8, 4) is 0 Å². The summed E-state index contributed by atoms with van der Waals surface area (Å²) in [4.78, 5) is 11.1. The lowest BCUT2D eigenvalue weighted by molar-refractivity contribution is 0.637. The molecule has 0 amide bonds. The molecule has 0 aliphatic carbocycles. The van der Waals surface area contributed by atoms with Crippen molar-refractivity contribution in [2.24, 2.45) is 0 Å². The molecule has 4 heteroatoms. The predicted octanol–water partition coefficient (Wildman–Crippen LogP) is 2.25. The molecule has 0 saturated carbocycles. The van der Waals surface area contributed by atoms with Gasteiger partial charge in [-0.1, -0.05) is 12.1 Å². The van der Waals surface area contributed by atoms with Crippen molar-refractivity contribution in [2.75, 3.05) is 0 Å². The number of hydrogen-bond donors (Lipinski definition) is 1. The van der Waals surface area contributed by atoms with E-state index in [-0.39, 0.29) is 5.82 Å². The molecular formula is C10H6FN3. The number of benzene rings is 1. The first-order valence-corrected chi connectivity index (χ1v) is 4.22. The Hall–Kier alpha value is -1.97. The van der Waals surface area contributed by atoms with E-state index in [0.717, 1.165) is 16.4 Å². The van der Waals surface area contributed by atoms with Crippen molar-refractivity contribution >= 4 is 21.9 Å². The van der Waals surface area contributed by atoms with E-state index in [9.17, 15) is 4.39 Å². The molecule has 0 aliphatic heterocycles. The van der Waals surface area contributed by atoms with Gasteiger partial charge in [0.1, 0.15) is 11.3 Å². The van der Waals surface area contributed by atoms with E-state index >= 15 is 0 Å². The third-order valence-corrected chi connectivity index (χ3v) is 2.23. The van der Waals surface area contributed by atoms with Crippen LogP contribution in [-0.4, -0.2) is 15.0 Å². The van der Waals surface area contributed by atoms with E-state index in [0.29, 0.717) is 5.52 Å². The number of nitrogens with zero attached hydrogens (tertiary/aromatic N) is 2. The Morgan fingerprint density at radius 3 is 3.00 bits per heavy atom. The van der Waals surface area contributed by atoms with Crippen molar-refractivity contribution < 1.29 is 4.39 Å². The average Bonchev–Trinajstić information content (AvgIpc) is 2.66. The second-order valence-corrected chi connectivity index (χ2v) is 3.06. The second-order valence-electron chi connectivity index (χ2n) is 3.06. The largest absolute Gasteiger partial charge is 0.343 e. The maximum Gasteiger partial charge on any atom is 0.149 e. The molecule has 0 bridgehead atoms. The number of para-hydroxylation sites is 1. The summed E-state index contributed by atoms with van der Waals surface area (Å²) in [6.07, 6.45) is 3.17. The highest BCUT2D eigenvalue weighted by atomic mass is 19.1. The van der Waals surface area contributed by atoms with Crippen molar-refractivity contribution in [3.63, 3.8) is 0 Å². The molecule has 14 heavy (non-hydrogen) atoms. The number of rotatable bonds is 0. The number of aromatic nitrogens is 3. The molecule has 0 aliphatic rings. The van der Waals surface area contributed by atoms with Gasteiger partial charge in [-0.15, -0.1) is 0 Å². The second kappa shape index (κ2) is 2.51. The fraction of sp³-hybridized carbons (Fsp3) is 0. The first-order chi connectivity index (χ1) is 6.86. The summed E-state index contributed by atoms with van der Waals surface area (Å²) < 4.78 is 13.3. The van der Waals surface area contributed by atoms with Gasteiger partial charge in [0.2, 0.25) is 0 Å². The smallest absolute Gasteiger partial charge is 0.149 e. The van der Waals surface area contributed by atoms with Gasteiger partial charge in [-0.3, -0.25) is 4.98 Å². The third-order valence-electron chi connectivity index (χ3n) is 2.23. The van der Waals surface area contributed by atoms with Crippen molar-refractivity contribution in [1.29, 1.82) is 0 Å². The Morgan fingerprint density at radius 2 is 2.07 bits per heavy atom. The van der Waals surface area contributed by atoms with Gasteiger partial charge in [0.25, 0.3) is 0 Å². The van der Waals surface area contributed by atoms with Crippen LogP contribution in [0.3, 0.4) is 0 Å². The number of imidazole rings is 1. The van der Waals surface area contributed by atoms with Crippen molar-refractivity contribution in [1.82, 2.24) is 15.0 Å². The number of fused-ring (bicyclic) bond motifs is 3. The summed E-state index contributed by atoms with van der Waals surface area (Å²) in [5, 5.41) is 0.740. The van der Waals surface area contributed by atoms with E-state index in [1.165, 1.54) is 6.07 Å². The average molecular weight is 187 g/mol. The fourth-order valence-corrected chi connectivity index (χ4v) is 1.58. The van der Waals surface area contributed by atoms with E-state index in [1.807, 2.05) is 6.07 Å². The molecule has 68 valence electrons. The van der Waals surface area contributed by atoms with Crippen LogP contribution in [0, 0.1) is 5.82 Å². The van der Waals surface area contributed by atoms with Crippen LogP contribution in [-0.2, 0) is 0 Å². The van der Waals surface area contributed by atoms with Crippen LogP contribution in [0.1, 0.15) is 0 Å². The molecule has 0 spiro atoms. The molecule has 2 heterocycles. The lowest BCUT2D eigenvalue weighted by Crippen LogP contribution is -1.84. The topological polar surface area (TPSA) is 41.6 Å². The molecule has 1 aromatic carbocycles. The lowest BCUT2D eigenvalue weighted by Gasteiger charge is -1.97. The zero-order chi connectivity index (χ0) is 9.54. The van der Waals surface area contributed by atoms with Crippen LogP contribution in [0.15, 0.2) is 30.7 Å². The maximum absolute atomic E-state index is 13.3. The molecule has 2 aromatic heterocycles. The number of H-pyrrole nitrogens is 1. The van der Waals surface area contributed by atoms with E-state index < -0.39 is 0 Å². The van der Waals surface area contributed by atoms with Crippen LogP contribution >= 0.6 is 0 Å². The summed E-state index contributed by atoms with van der Waals surface area (Å²) in [6, 6.07) is 4.87. The predicted molar refractivity (Wildman–Crippen MR) is 51.4 cm³/mol. The summed E-state index contributed by atoms with van der Waals surface area (Å²) in [6.45, 7) is 0. The summed E-state index contributed by atoms with van der Waals surface area (Å²) in [5.41, 5.74) is 1.95. The van der Waals surface area contributed by atoms with Gasteiger partial charge in [-0.05, 0) is 6.07 Å². The van der Waals surface area contributed by atoms with Gasteiger partial charge >= 0.3 is 0 Å². The third kappa shape index (κ3) is 0.849. The number of pyridine rings is 1. The first-order valence-electron chi connectivity index (χ1n) is 4.22. The highest BCUT2D eigenvalue weighted by Gasteiger charge is 2.06. The lowest BCUT2D eigenvalue weighted by atomic mass is 10.2. The molecule has 0 radical (unpaired) electrons. The number of hydrogen-bond acceptors (Lipinski definition) is 2. The van der Waals surface area contributed by atoms with Gasteiger partial charge < -0.3 is 4.98 Å². The van der Waals surface area contributed by atoms with Crippen LogP contribution in [0.5, 0.6) is 0 Å². The summed E-state index contributed by atoms with van der Waals surface area (Å²) in [7, 11) is 0. The van der Waals surface area contributed by atoms with Gasteiger partial charge in [-0.25, -0.2) is 9.37 Å². The number of halogens is 1. The molecule has 0 fully saturated rings. The minimum Gasteiger partial charge on any atom is -0.343 e. The Balaban J connectivity index is 2.64. The Bertz CT molecular complexity index is 615. The van der Waals surface area contributed by atoms with Gasteiger partial charge in [0.15, 0.2) is 0 Å². The zero-order valence-electron chi connectivity index (χ0n) is 7.16. The van der Waals surface area contributed by atoms with Crippen LogP contribution < -0.4 is 0 Å². The monoisotopic (exact) mass is 187 g/mol. The normalized spacial score (nSPS) is 11.2. The first kappa shape index (κ1) is 7.44. The summed E-state index contributed by atoms with van der Waals surface area (Å²) >= 11 is 0. The molecule has 1 N–H and O–H groups in total. The van der Waals surface area contributed by atoms with Crippen LogP contribution in [0.2, 0.25) is 0 Å². The van der Waals surface area contributed by atoms with Gasteiger partial charge in [0, 0.05) is 5.39 Å². The van der Waals surface area contributed by atoms with Crippen molar-refractivity contribution in [2.45, 2.75) is 0 Å². The molecule has 3 rings (SSSR count). The van der Waals surface area contributed by atoms with E-state index in [1.54, 1.807) is 18.6 Å². The Labute approximate surface area is 78.6 Å². The number of aromatic amines is 1. The molecule has 3 nitrogen and oxygen atoms in total. The SMILES string of the molecule is Fc1cccc2c1ncc1[nH]cnc12. The van der Waals surface area contributed by atoms with Crippen LogP contribution in [0.4, 0.5) is 4.39 Å². The minimum absolute atomic E-state index is 0.313. The maximum atomic E-state index is 13.3. The highest BCUT2D eigenvalue weighted by molar-refractivity contribution is 6.01. The molecular weight excluding hydrogens is 181 g/mol. The van der Waals surface area contributed by atoms with E-state index in [4.69, 9.17) is 0 Å². The van der Waals surface area contributed by atoms with Crippen LogP contribution in [0.25, 0.3) is 21.9 Å². The minimum atomic E-state index is -0.313. The Kier molecular flexibility index (Phi) is 1.33. The quantitative estimate of drug-likeness (QED) is 0.586. The fourth-order valence-electron chi connectivity index (χ4n) is 1.58. The molecule has 0 saturated heterocycles. The number of nitrogens with one attached hydrogen (secondary N) is 1. The summed E-state index contributed by atoms with van der Waals surface area (Å²) in [5.74, 6) is -0.313. The zero-order valence-corrected chi connectivity index (χ0v) is 7.16. The Morgan fingerprint density at radius 1 is 1.14 bits per heavy atom. The molecule has 3 aromatic rings. The molecule has 0 atom stereocenters. The van der Waals surface area contributed by atoms with Gasteiger partial charge in [0.05, 0.1) is 23.6 Å². The molecule has 0 unspecified atom stereocenters. The highest BCUT2D eigenvalue weighted by Crippen LogP contribution is 2.21. The van der Waals surface area contributed by atoms with Gasteiger partial charge in [-0.2, -0.15) is 0 Å². The van der Waals surface area contributed by atoms with Crippen molar-refractivity contribution in [3.05, 3.63) is 36.5 Å².